The van der Waals surface area contributed by atoms with Gasteiger partial charge < -0.3 is 9.47 Å². The van der Waals surface area contributed by atoms with Crippen molar-refractivity contribution < 1.29 is 9.47 Å². The van der Waals surface area contributed by atoms with Crippen molar-refractivity contribution in [2.75, 3.05) is 13.0 Å². The van der Waals surface area contributed by atoms with Crippen molar-refractivity contribution >= 4 is 29.8 Å². The van der Waals surface area contributed by atoms with Crippen molar-refractivity contribution in [3.63, 3.8) is 0 Å². The molecule has 6 heteroatoms. The second-order valence-electron chi connectivity index (χ2n) is 5.75. The highest BCUT2D eigenvalue weighted by molar-refractivity contribution is 8.02. The van der Waals surface area contributed by atoms with Gasteiger partial charge in [0.15, 0.2) is 0 Å². The molecule has 1 aromatic carbocycles. The number of hydrogen-bond donors (Lipinski definition) is 0. The van der Waals surface area contributed by atoms with Gasteiger partial charge in [0, 0.05) is 11.6 Å². The van der Waals surface area contributed by atoms with Crippen LogP contribution >= 0.6 is 11.8 Å². The molecule has 134 valence electrons. The quantitative estimate of drug-likeness (QED) is 0.344. The minimum absolute atomic E-state index is 0.472. The van der Waals surface area contributed by atoms with Gasteiger partial charge in [0.25, 0.3) is 0 Å². The van der Waals surface area contributed by atoms with E-state index in [0.717, 1.165) is 39.8 Å². The first-order valence-corrected chi connectivity index (χ1v) is 9.18. The number of aryl methyl sites for hydroxylation is 2. The molecular formula is C20H21N3O2S. The molecule has 0 N–H and O–H groups in total. The number of rotatable bonds is 7. The Balaban J connectivity index is 1.73. The van der Waals surface area contributed by atoms with Crippen molar-refractivity contribution in [2.45, 2.75) is 13.8 Å². The molecule has 0 radical (unpaired) electrons. The molecule has 0 spiro atoms. The van der Waals surface area contributed by atoms with Crippen LogP contribution in [0.2, 0.25) is 0 Å². The zero-order valence-electron chi connectivity index (χ0n) is 15.1. The van der Waals surface area contributed by atoms with Gasteiger partial charge in [-0.1, -0.05) is 17.8 Å². The van der Waals surface area contributed by atoms with Gasteiger partial charge in [0.05, 0.1) is 24.2 Å². The maximum atomic E-state index is 5.73. The van der Waals surface area contributed by atoms with Crippen LogP contribution in [0.1, 0.15) is 17.0 Å². The maximum absolute atomic E-state index is 5.73. The summed E-state index contributed by atoms with van der Waals surface area (Å²) in [4.78, 5) is 8.79. The van der Waals surface area contributed by atoms with Crippen LogP contribution in [-0.2, 0) is 0 Å². The van der Waals surface area contributed by atoms with Gasteiger partial charge in [0.2, 0.25) is 0 Å². The normalized spacial score (nSPS) is 11.6. The monoisotopic (exact) mass is 367 g/mol. The van der Waals surface area contributed by atoms with Crippen LogP contribution in [0.5, 0.6) is 11.5 Å². The summed E-state index contributed by atoms with van der Waals surface area (Å²) in [5, 5.41) is 1.95. The number of fused-ring (bicyclic) bond motifs is 1. The molecule has 0 atom stereocenters. The number of aromatic nitrogens is 2. The molecule has 0 bridgehead atoms. The van der Waals surface area contributed by atoms with Crippen LogP contribution in [-0.4, -0.2) is 29.2 Å². The van der Waals surface area contributed by atoms with Crippen LogP contribution in [0.15, 0.2) is 53.0 Å². The van der Waals surface area contributed by atoms with E-state index in [1.54, 1.807) is 7.11 Å². The lowest BCUT2D eigenvalue weighted by Crippen LogP contribution is -1.95. The molecule has 0 amide bonds. The number of thioether (sulfide) groups is 1. The van der Waals surface area contributed by atoms with E-state index in [1.807, 2.05) is 48.7 Å². The third-order valence-corrected chi connectivity index (χ3v) is 4.55. The average Bonchev–Trinajstić information content (AvgIpc) is 2.97. The van der Waals surface area contributed by atoms with Crippen LogP contribution in [0.4, 0.5) is 0 Å². The summed E-state index contributed by atoms with van der Waals surface area (Å²) >= 11 is 1.52. The van der Waals surface area contributed by atoms with E-state index < -0.39 is 0 Å². The summed E-state index contributed by atoms with van der Waals surface area (Å²) in [6, 6.07) is 11.6. The fourth-order valence-electron chi connectivity index (χ4n) is 2.63. The summed E-state index contributed by atoms with van der Waals surface area (Å²) in [7, 11) is 1.64. The standard InChI is InChI=1S/C20H21N3O2S/c1-14-5-10-19-22-15(2)20(23(19)11-14)18(21-3)12-26-13-25-17-8-6-16(24-4)7-9-17/h5-12H,3,13H2,1-2,4H3/b18-12-. The van der Waals surface area contributed by atoms with E-state index in [1.165, 1.54) is 11.8 Å². The number of imidazole rings is 1. The van der Waals surface area contributed by atoms with Crippen molar-refractivity contribution in [3.8, 4) is 11.5 Å². The van der Waals surface area contributed by atoms with Gasteiger partial charge in [-0.05, 0) is 56.5 Å². The summed E-state index contributed by atoms with van der Waals surface area (Å²) in [5.41, 5.74) is 4.72. The zero-order chi connectivity index (χ0) is 18.5. The third-order valence-electron chi connectivity index (χ3n) is 3.90. The van der Waals surface area contributed by atoms with Gasteiger partial charge in [-0.25, -0.2) is 4.98 Å². The number of methoxy groups -OCH3 is 1. The molecule has 0 unspecified atom stereocenters. The van der Waals surface area contributed by atoms with E-state index in [2.05, 4.69) is 34.2 Å². The molecule has 2 aromatic heterocycles. The van der Waals surface area contributed by atoms with E-state index in [-0.39, 0.29) is 0 Å². The number of pyridine rings is 1. The predicted molar refractivity (Wildman–Crippen MR) is 108 cm³/mol. The Kier molecular flexibility index (Phi) is 5.63. The highest BCUT2D eigenvalue weighted by Gasteiger charge is 2.12. The summed E-state index contributed by atoms with van der Waals surface area (Å²) < 4.78 is 12.9. The minimum atomic E-state index is 0.472. The van der Waals surface area contributed by atoms with E-state index in [0.29, 0.717) is 5.94 Å². The number of benzene rings is 1. The molecule has 0 saturated heterocycles. The Hall–Kier alpha value is -2.73. The number of hydrogen-bond acceptors (Lipinski definition) is 5. The van der Waals surface area contributed by atoms with E-state index >= 15 is 0 Å². The van der Waals surface area contributed by atoms with Gasteiger partial charge in [-0.2, -0.15) is 0 Å². The van der Waals surface area contributed by atoms with Crippen molar-refractivity contribution in [2.24, 2.45) is 4.99 Å². The predicted octanol–water partition coefficient (Wildman–Crippen LogP) is 4.73. The Morgan fingerprint density at radius 3 is 2.62 bits per heavy atom. The molecule has 0 saturated carbocycles. The fraction of sp³-hybridized carbons (Fsp3) is 0.200. The van der Waals surface area contributed by atoms with Gasteiger partial charge >= 0.3 is 0 Å². The Morgan fingerprint density at radius 1 is 1.19 bits per heavy atom. The lowest BCUT2D eigenvalue weighted by atomic mass is 10.2. The molecule has 5 nitrogen and oxygen atoms in total. The summed E-state index contributed by atoms with van der Waals surface area (Å²) in [5.74, 6) is 2.07. The first-order valence-electron chi connectivity index (χ1n) is 8.13. The van der Waals surface area contributed by atoms with Crippen molar-refractivity contribution in [1.82, 2.24) is 9.38 Å². The molecule has 2 heterocycles. The van der Waals surface area contributed by atoms with Crippen LogP contribution in [0.3, 0.4) is 0 Å². The van der Waals surface area contributed by atoms with Crippen LogP contribution in [0.25, 0.3) is 11.3 Å². The number of nitrogens with zero attached hydrogens (tertiary/aromatic N) is 3. The SMILES string of the molecule is C=N/C(=C\SCOc1ccc(OC)cc1)c1c(C)nc2ccc(C)cn12. The van der Waals surface area contributed by atoms with Crippen molar-refractivity contribution in [1.29, 1.82) is 0 Å². The molecule has 0 aliphatic rings. The molecule has 3 aromatic rings. The molecule has 3 rings (SSSR count). The highest BCUT2D eigenvalue weighted by atomic mass is 32.2. The Bertz CT molecular complexity index is 946. The second-order valence-corrected chi connectivity index (χ2v) is 6.55. The fourth-order valence-corrected chi connectivity index (χ4v) is 3.25. The number of ether oxygens (including phenoxy) is 2. The molecular weight excluding hydrogens is 346 g/mol. The topological polar surface area (TPSA) is 48.1 Å². The largest absolute Gasteiger partial charge is 0.497 e. The second kappa shape index (κ2) is 8.10. The van der Waals surface area contributed by atoms with Crippen LogP contribution < -0.4 is 9.47 Å². The van der Waals surface area contributed by atoms with E-state index in [9.17, 15) is 0 Å². The lowest BCUT2D eigenvalue weighted by molar-refractivity contribution is 0.389. The zero-order valence-corrected chi connectivity index (χ0v) is 15.9. The van der Waals surface area contributed by atoms with E-state index in [4.69, 9.17) is 9.47 Å². The Morgan fingerprint density at radius 2 is 1.92 bits per heavy atom. The summed E-state index contributed by atoms with van der Waals surface area (Å²) in [6.45, 7) is 7.75. The third kappa shape index (κ3) is 3.91. The van der Waals surface area contributed by atoms with Gasteiger partial charge in [-0.3, -0.25) is 9.39 Å². The smallest absolute Gasteiger partial charge is 0.138 e. The first kappa shape index (κ1) is 18.1. The van der Waals surface area contributed by atoms with Crippen molar-refractivity contribution in [3.05, 3.63) is 65.0 Å². The first-order chi connectivity index (χ1) is 12.6. The van der Waals surface area contributed by atoms with Crippen LogP contribution in [0, 0.1) is 13.8 Å². The molecule has 0 aliphatic carbocycles. The lowest BCUT2D eigenvalue weighted by Gasteiger charge is -2.07. The highest BCUT2D eigenvalue weighted by Crippen LogP contribution is 2.25. The number of aliphatic imine (C=N–C) groups is 1. The molecule has 26 heavy (non-hydrogen) atoms. The van der Waals surface area contributed by atoms with Gasteiger partial charge in [0.1, 0.15) is 23.1 Å². The average molecular weight is 367 g/mol. The summed E-state index contributed by atoms with van der Waals surface area (Å²) in [6.07, 6.45) is 2.06. The Labute approximate surface area is 157 Å². The molecule has 0 aliphatic heterocycles. The minimum Gasteiger partial charge on any atom is -0.497 e. The van der Waals surface area contributed by atoms with Gasteiger partial charge in [-0.15, -0.1) is 0 Å². The maximum Gasteiger partial charge on any atom is 0.138 e. The molecule has 0 fully saturated rings.